The first kappa shape index (κ1) is 9.84. The zero-order valence-electron chi connectivity index (χ0n) is 8.64. The average molecular weight is 180 g/mol. The van der Waals surface area contributed by atoms with Crippen LogP contribution in [0.3, 0.4) is 0 Å². The molecule has 0 spiro atoms. The number of carbonyl (C=O) groups excluding carboxylic acids is 1. The van der Waals surface area contributed by atoms with E-state index in [1.54, 1.807) is 0 Å². The Hall–Kier alpha value is -1.25. The molecular formula is C10H16N2O. The fraction of sp³-hybridized carbons (Fsp3) is 0.500. The average Bonchev–Trinajstić information content (AvgIpc) is 1.94. The third-order valence-electron chi connectivity index (χ3n) is 2.06. The monoisotopic (exact) mass is 180 g/mol. The molecule has 1 heterocycles. The van der Waals surface area contributed by atoms with Gasteiger partial charge in [0.25, 0.3) is 5.91 Å². The highest BCUT2D eigenvalue weighted by atomic mass is 16.2. The maximum absolute atomic E-state index is 11.5. The van der Waals surface area contributed by atoms with Crippen molar-refractivity contribution in [2.75, 3.05) is 7.05 Å². The van der Waals surface area contributed by atoms with Crippen molar-refractivity contribution >= 4 is 5.91 Å². The molecule has 13 heavy (non-hydrogen) atoms. The van der Waals surface area contributed by atoms with E-state index in [1.807, 2.05) is 38.9 Å². The minimum Gasteiger partial charge on any atom is -0.338 e. The van der Waals surface area contributed by atoms with Gasteiger partial charge in [0.05, 0.1) is 0 Å². The van der Waals surface area contributed by atoms with E-state index in [4.69, 9.17) is 0 Å². The summed E-state index contributed by atoms with van der Waals surface area (Å²) < 4.78 is 0. The molecule has 3 heteroatoms. The van der Waals surface area contributed by atoms with E-state index in [2.05, 4.69) is 11.9 Å². The number of nitrogens with one attached hydrogen (secondary N) is 1. The standard InChI is InChI=1S/C10H16N2O/c1-7-11-9(13)8(6-12(7)5)10(2,3)4/h6H,1H2,2-5H3,(H,11,13). The van der Waals surface area contributed by atoms with Crippen molar-refractivity contribution in [1.29, 1.82) is 0 Å². The van der Waals surface area contributed by atoms with E-state index >= 15 is 0 Å². The first-order valence-corrected chi connectivity index (χ1v) is 4.28. The normalized spacial score (nSPS) is 18.5. The number of nitrogens with zero attached hydrogens (tertiary/aromatic N) is 1. The summed E-state index contributed by atoms with van der Waals surface area (Å²) in [6.45, 7) is 9.75. The molecule has 1 amide bonds. The largest absolute Gasteiger partial charge is 0.338 e. The van der Waals surface area contributed by atoms with Crippen LogP contribution < -0.4 is 5.32 Å². The highest BCUT2D eigenvalue weighted by molar-refractivity contribution is 5.96. The molecule has 0 bridgehead atoms. The predicted octanol–water partition coefficient (Wildman–Crippen LogP) is 1.45. The lowest BCUT2D eigenvalue weighted by molar-refractivity contribution is -0.118. The van der Waals surface area contributed by atoms with Crippen LogP contribution in [-0.4, -0.2) is 17.9 Å². The Labute approximate surface area is 79.1 Å². The molecule has 0 saturated carbocycles. The third-order valence-corrected chi connectivity index (χ3v) is 2.06. The van der Waals surface area contributed by atoms with Crippen LogP contribution in [0.5, 0.6) is 0 Å². The van der Waals surface area contributed by atoms with Gasteiger partial charge in [-0.25, -0.2) is 0 Å². The lowest BCUT2D eigenvalue weighted by Gasteiger charge is -2.31. The molecule has 0 fully saturated rings. The molecule has 0 radical (unpaired) electrons. The van der Waals surface area contributed by atoms with Gasteiger partial charge in [0.2, 0.25) is 0 Å². The smallest absolute Gasteiger partial charge is 0.254 e. The summed E-state index contributed by atoms with van der Waals surface area (Å²) in [5.74, 6) is 0.577. The third kappa shape index (κ3) is 1.91. The predicted molar refractivity (Wildman–Crippen MR) is 52.6 cm³/mol. The zero-order valence-corrected chi connectivity index (χ0v) is 8.64. The second kappa shape index (κ2) is 2.91. The van der Waals surface area contributed by atoms with Crippen molar-refractivity contribution < 1.29 is 4.79 Å². The summed E-state index contributed by atoms with van der Waals surface area (Å²) in [5, 5.41) is 2.71. The Kier molecular flexibility index (Phi) is 2.20. The quantitative estimate of drug-likeness (QED) is 0.612. The summed E-state index contributed by atoms with van der Waals surface area (Å²) >= 11 is 0. The zero-order chi connectivity index (χ0) is 10.2. The molecule has 0 saturated heterocycles. The number of amides is 1. The molecule has 1 N–H and O–H groups in total. The Bertz CT molecular complexity index is 284. The fourth-order valence-corrected chi connectivity index (χ4v) is 1.15. The Morgan fingerprint density at radius 1 is 1.46 bits per heavy atom. The van der Waals surface area contributed by atoms with Gasteiger partial charge in [0, 0.05) is 18.8 Å². The number of hydrogen-bond donors (Lipinski definition) is 1. The van der Waals surface area contributed by atoms with Gasteiger partial charge in [0.1, 0.15) is 5.82 Å². The molecule has 0 aromatic rings. The van der Waals surface area contributed by atoms with Gasteiger partial charge in [-0.1, -0.05) is 27.4 Å². The lowest BCUT2D eigenvalue weighted by Crippen LogP contribution is -2.39. The molecule has 0 unspecified atom stereocenters. The number of carbonyl (C=O) groups is 1. The van der Waals surface area contributed by atoms with Crippen LogP contribution >= 0.6 is 0 Å². The maximum Gasteiger partial charge on any atom is 0.254 e. The van der Waals surface area contributed by atoms with E-state index < -0.39 is 0 Å². The van der Waals surface area contributed by atoms with Gasteiger partial charge in [-0.2, -0.15) is 0 Å². The molecule has 1 aliphatic rings. The van der Waals surface area contributed by atoms with Gasteiger partial charge in [-0.15, -0.1) is 0 Å². The van der Waals surface area contributed by atoms with Crippen LogP contribution in [0.25, 0.3) is 0 Å². The minimum absolute atomic E-state index is 0.0457. The van der Waals surface area contributed by atoms with E-state index in [0.717, 1.165) is 5.57 Å². The van der Waals surface area contributed by atoms with Crippen molar-refractivity contribution in [1.82, 2.24) is 10.2 Å². The molecule has 0 aromatic carbocycles. The van der Waals surface area contributed by atoms with Crippen LogP contribution in [0.2, 0.25) is 0 Å². The van der Waals surface area contributed by atoms with Crippen molar-refractivity contribution in [3.63, 3.8) is 0 Å². The number of hydrogen-bond acceptors (Lipinski definition) is 2. The molecule has 0 atom stereocenters. The Morgan fingerprint density at radius 3 is 2.46 bits per heavy atom. The van der Waals surface area contributed by atoms with Crippen LogP contribution in [-0.2, 0) is 4.79 Å². The van der Waals surface area contributed by atoms with Crippen LogP contribution in [0.4, 0.5) is 0 Å². The molecule has 72 valence electrons. The first-order valence-electron chi connectivity index (χ1n) is 4.28. The van der Waals surface area contributed by atoms with Gasteiger partial charge in [0.15, 0.2) is 0 Å². The molecular weight excluding hydrogens is 164 g/mol. The highest BCUT2D eigenvalue weighted by Gasteiger charge is 2.28. The molecule has 0 aromatic heterocycles. The fourth-order valence-electron chi connectivity index (χ4n) is 1.15. The lowest BCUT2D eigenvalue weighted by atomic mass is 9.86. The van der Waals surface area contributed by atoms with E-state index in [1.165, 1.54) is 0 Å². The van der Waals surface area contributed by atoms with Crippen LogP contribution in [0.1, 0.15) is 20.8 Å². The minimum atomic E-state index is -0.126. The molecule has 3 nitrogen and oxygen atoms in total. The van der Waals surface area contributed by atoms with Gasteiger partial charge in [-0.3, -0.25) is 4.79 Å². The maximum atomic E-state index is 11.5. The molecule has 1 aliphatic heterocycles. The SMILES string of the molecule is C=C1NC(=O)C(C(C)(C)C)=CN1C. The van der Waals surface area contributed by atoms with Crippen molar-refractivity contribution in [2.45, 2.75) is 20.8 Å². The van der Waals surface area contributed by atoms with Gasteiger partial charge >= 0.3 is 0 Å². The summed E-state index contributed by atoms with van der Waals surface area (Å²) in [6, 6.07) is 0. The number of rotatable bonds is 0. The summed E-state index contributed by atoms with van der Waals surface area (Å²) in [7, 11) is 1.87. The van der Waals surface area contributed by atoms with Gasteiger partial charge in [-0.05, 0) is 5.41 Å². The van der Waals surface area contributed by atoms with E-state index in [0.29, 0.717) is 5.82 Å². The van der Waals surface area contributed by atoms with Crippen molar-refractivity contribution in [3.05, 3.63) is 24.2 Å². The second-order valence-electron chi connectivity index (χ2n) is 4.30. The van der Waals surface area contributed by atoms with E-state index in [-0.39, 0.29) is 11.3 Å². The Morgan fingerprint density at radius 2 is 2.00 bits per heavy atom. The van der Waals surface area contributed by atoms with Crippen LogP contribution in [0, 0.1) is 5.41 Å². The van der Waals surface area contributed by atoms with Gasteiger partial charge < -0.3 is 10.2 Å². The van der Waals surface area contributed by atoms with Crippen molar-refractivity contribution in [2.24, 2.45) is 5.41 Å². The summed E-state index contributed by atoms with van der Waals surface area (Å²) in [6.07, 6.45) is 1.83. The van der Waals surface area contributed by atoms with Crippen LogP contribution in [0.15, 0.2) is 24.2 Å². The van der Waals surface area contributed by atoms with E-state index in [9.17, 15) is 4.79 Å². The Balaban J connectivity index is 3.04. The second-order valence-corrected chi connectivity index (χ2v) is 4.30. The van der Waals surface area contributed by atoms with Crippen molar-refractivity contribution in [3.8, 4) is 0 Å². The summed E-state index contributed by atoms with van der Waals surface area (Å²) in [4.78, 5) is 13.4. The molecule has 0 aliphatic carbocycles. The summed E-state index contributed by atoms with van der Waals surface area (Å²) in [5.41, 5.74) is 0.654. The topological polar surface area (TPSA) is 32.3 Å². The molecule has 1 rings (SSSR count). The highest BCUT2D eigenvalue weighted by Crippen LogP contribution is 2.28. The first-order chi connectivity index (χ1) is 5.82.